The monoisotopic (exact) mass is 563 g/mol. The number of nitrogens with zero attached hydrogens (tertiary/aromatic N) is 2. The Balaban J connectivity index is 1.15. The molecule has 0 radical (unpaired) electrons. The van der Waals surface area contributed by atoms with Gasteiger partial charge in [0.05, 0.1) is 28.5 Å². The fraction of sp³-hybridized carbons (Fsp3) is 0.643. The minimum Gasteiger partial charge on any atom is -0.381 e. The fourth-order valence-electron chi connectivity index (χ4n) is 5.45. The summed E-state index contributed by atoms with van der Waals surface area (Å²) in [6.07, 6.45) is 8.41. The zero-order chi connectivity index (χ0) is 26.5. The van der Waals surface area contributed by atoms with Gasteiger partial charge in [-0.05, 0) is 76.5 Å². The van der Waals surface area contributed by atoms with Crippen LogP contribution in [0.2, 0.25) is 10.0 Å². The molecule has 3 aliphatic rings. The number of hydrogen-bond donors (Lipinski definition) is 3. The van der Waals surface area contributed by atoms with Crippen molar-refractivity contribution in [2.24, 2.45) is 5.92 Å². The van der Waals surface area contributed by atoms with Gasteiger partial charge in [-0.1, -0.05) is 23.2 Å². The maximum atomic E-state index is 6.58. The first-order chi connectivity index (χ1) is 18.3. The molecule has 5 rings (SSSR count). The van der Waals surface area contributed by atoms with Crippen molar-refractivity contribution in [1.82, 2.24) is 15.3 Å². The highest BCUT2D eigenvalue weighted by atomic mass is 35.5. The van der Waals surface area contributed by atoms with Crippen molar-refractivity contribution in [1.29, 1.82) is 0 Å². The van der Waals surface area contributed by atoms with Crippen LogP contribution in [0.1, 0.15) is 52.4 Å². The third kappa shape index (κ3) is 7.49. The molecule has 2 saturated heterocycles. The average molecular weight is 565 g/mol. The van der Waals surface area contributed by atoms with Gasteiger partial charge in [-0.25, -0.2) is 9.97 Å². The van der Waals surface area contributed by atoms with Crippen LogP contribution in [0.25, 0.3) is 11.3 Å². The molecule has 3 fully saturated rings. The number of anilines is 2. The van der Waals surface area contributed by atoms with E-state index in [1.165, 1.54) is 0 Å². The van der Waals surface area contributed by atoms with Crippen molar-refractivity contribution in [2.45, 2.75) is 76.3 Å². The van der Waals surface area contributed by atoms with Gasteiger partial charge in [0.25, 0.3) is 0 Å². The summed E-state index contributed by atoms with van der Waals surface area (Å²) in [7, 11) is 0. The lowest BCUT2D eigenvalue weighted by Crippen LogP contribution is -2.41. The van der Waals surface area contributed by atoms with E-state index in [-0.39, 0.29) is 6.10 Å². The smallest absolute Gasteiger partial charge is 0.163 e. The number of halogens is 2. The van der Waals surface area contributed by atoms with Crippen molar-refractivity contribution < 1.29 is 14.2 Å². The number of ether oxygens (including phenoxy) is 3. The van der Waals surface area contributed by atoms with Crippen molar-refractivity contribution in [2.75, 3.05) is 43.5 Å². The predicted octanol–water partition coefficient (Wildman–Crippen LogP) is 5.75. The molecule has 0 amide bonds. The van der Waals surface area contributed by atoms with Gasteiger partial charge in [0.2, 0.25) is 0 Å². The lowest BCUT2D eigenvalue weighted by molar-refractivity contribution is -0.137. The summed E-state index contributed by atoms with van der Waals surface area (Å²) in [4.78, 5) is 9.36. The highest BCUT2D eigenvalue weighted by molar-refractivity contribution is 6.37. The first kappa shape index (κ1) is 27.9. The van der Waals surface area contributed by atoms with Gasteiger partial charge >= 0.3 is 0 Å². The van der Waals surface area contributed by atoms with Gasteiger partial charge < -0.3 is 30.2 Å². The number of rotatable bonds is 9. The van der Waals surface area contributed by atoms with Crippen LogP contribution in [-0.2, 0) is 14.2 Å². The maximum absolute atomic E-state index is 6.58. The van der Waals surface area contributed by atoms with E-state index >= 15 is 0 Å². The van der Waals surface area contributed by atoms with Crippen LogP contribution in [-0.4, -0.2) is 66.9 Å². The van der Waals surface area contributed by atoms with E-state index < -0.39 is 5.79 Å². The SMILES string of the molecule is CC1(C)OC[C@@H](CN[C@H]2CC[C@H](Nc3cc(-c4nc(NCC5CCOCC5)c(Cl)cc4Cl)ccn3)CC2)O1. The van der Waals surface area contributed by atoms with Gasteiger partial charge in [0, 0.05) is 50.1 Å². The minimum absolute atomic E-state index is 0.124. The molecular weight excluding hydrogens is 525 g/mol. The molecule has 0 unspecified atom stereocenters. The van der Waals surface area contributed by atoms with Gasteiger partial charge in [-0.15, -0.1) is 0 Å². The van der Waals surface area contributed by atoms with Crippen LogP contribution in [0, 0.1) is 5.92 Å². The largest absolute Gasteiger partial charge is 0.381 e. The second kappa shape index (κ2) is 12.7. The first-order valence-electron chi connectivity index (χ1n) is 13.8. The molecule has 10 heteroatoms. The summed E-state index contributed by atoms with van der Waals surface area (Å²) in [5, 5.41) is 11.8. The van der Waals surface area contributed by atoms with Gasteiger partial charge in [0.15, 0.2) is 5.79 Å². The molecule has 2 aromatic heterocycles. The van der Waals surface area contributed by atoms with Crippen LogP contribution >= 0.6 is 23.2 Å². The van der Waals surface area contributed by atoms with E-state index in [2.05, 4.69) is 20.9 Å². The highest BCUT2D eigenvalue weighted by Gasteiger charge is 2.33. The number of pyridine rings is 2. The van der Waals surface area contributed by atoms with Crippen molar-refractivity contribution in [3.8, 4) is 11.3 Å². The summed E-state index contributed by atoms with van der Waals surface area (Å²) in [5.41, 5.74) is 1.61. The van der Waals surface area contributed by atoms with Gasteiger partial charge in [0.1, 0.15) is 11.6 Å². The third-order valence-electron chi connectivity index (χ3n) is 7.64. The zero-order valence-electron chi connectivity index (χ0n) is 22.3. The van der Waals surface area contributed by atoms with Crippen LogP contribution < -0.4 is 16.0 Å². The molecule has 0 bridgehead atoms. The Kier molecular flexibility index (Phi) is 9.29. The molecule has 1 atom stereocenters. The Bertz CT molecular complexity index is 1070. The summed E-state index contributed by atoms with van der Waals surface area (Å²) in [6, 6.07) is 6.61. The molecule has 1 saturated carbocycles. The van der Waals surface area contributed by atoms with E-state index in [1.54, 1.807) is 12.3 Å². The Hall–Kier alpha value is -1.68. The van der Waals surface area contributed by atoms with Crippen LogP contribution in [0.3, 0.4) is 0 Å². The lowest BCUT2D eigenvalue weighted by atomic mass is 9.91. The summed E-state index contributed by atoms with van der Waals surface area (Å²) in [5.74, 6) is 1.58. The van der Waals surface area contributed by atoms with Crippen molar-refractivity contribution >= 4 is 34.8 Å². The molecule has 2 aromatic rings. The lowest BCUT2D eigenvalue weighted by Gasteiger charge is -2.30. The molecular formula is C28H39Cl2N5O3. The molecule has 1 aliphatic carbocycles. The number of aromatic nitrogens is 2. The fourth-order valence-corrected chi connectivity index (χ4v) is 5.99. The van der Waals surface area contributed by atoms with E-state index in [9.17, 15) is 0 Å². The standard InChI is InChI=1S/C28H39Cl2N5O3/c1-28(2)37-17-22(38-28)16-32-20-3-5-21(6-4-20)34-25-13-19(7-10-31-25)26-23(29)14-24(30)27(35-26)33-15-18-8-11-36-12-9-18/h7,10,13-14,18,20-22,32H,3-6,8-9,11-12,15-17H2,1-2H3,(H,31,34)(H,33,35)/t20-,21-,22-/m1/s1. The van der Waals surface area contributed by atoms with E-state index in [0.717, 1.165) is 76.2 Å². The number of nitrogens with one attached hydrogen (secondary N) is 3. The highest BCUT2D eigenvalue weighted by Crippen LogP contribution is 2.34. The normalized spacial score (nSPS) is 25.8. The third-order valence-corrected chi connectivity index (χ3v) is 8.22. The summed E-state index contributed by atoms with van der Waals surface area (Å²) >= 11 is 13.1. The number of hydrogen-bond acceptors (Lipinski definition) is 8. The van der Waals surface area contributed by atoms with E-state index in [4.69, 9.17) is 42.4 Å². The van der Waals surface area contributed by atoms with Crippen LogP contribution in [0.15, 0.2) is 24.4 Å². The average Bonchev–Trinajstić information content (AvgIpc) is 3.27. The van der Waals surface area contributed by atoms with Gasteiger partial charge in [-0.3, -0.25) is 0 Å². The van der Waals surface area contributed by atoms with E-state index in [1.807, 2.05) is 26.0 Å². The Morgan fingerprint density at radius 3 is 2.47 bits per heavy atom. The molecule has 2 aliphatic heterocycles. The molecule has 38 heavy (non-hydrogen) atoms. The zero-order valence-corrected chi connectivity index (χ0v) is 23.8. The molecule has 3 N–H and O–H groups in total. The summed E-state index contributed by atoms with van der Waals surface area (Å²) < 4.78 is 17.0. The van der Waals surface area contributed by atoms with E-state index in [0.29, 0.717) is 46.2 Å². The molecule has 208 valence electrons. The first-order valence-corrected chi connectivity index (χ1v) is 14.6. The molecule has 0 aromatic carbocycles. The maximum Gasteiger partial charge on any atom is 0.163 e. The Morgan fingerprint density at radius 1 is 0.974 bits per heavy atom. The molecule has 0 spiro atoms. The quantitative estimate of drug-likeness (QED) is 0.355. The topological polar surface area (TPSA) is 89.6 Å². The van der Waals surface area contributed by atoms with Crippen molar-refractivity contribution in [3.63, 3.8) is 0 Å². The van der Waals surface area contributed by atoms with Crippen LogP contribution in [0.5, 0.6) is 0 Å². The Labute approximate surface area is 235 Å². The molecule has 4 heterocycles. The molecule has 8 nitrogen and oxygen atoms in total. The minimum atomic E-state index is -0.468. The van der Waals surface area contributed by atoms with Crippen LogP contribution in [0.4, 0.5) is 11.6 Å². The Morgan fingerprint density at radius 2 is 1.74 bits per heavy atom. The second-order valence-corrected chi connectivity index (χ2v) is 11.9. The summed E-state index contributed by atoms with van der Waals surface area (Å²) in [6.45, 7) is 7.86. The van der Waals surface area contributed by atoms with Gasteiger partial charge in [-0.2, -0.15) is 0 Å². The van der Waals surface area contributed by atoms with Crippen molar-refractivity contribution in [3.05, 3.63) is 34.4 Å². The second-order valence-electron chi connectivity index (χ2n) is 11.1. The predicted molar refractivity (Wildman–Crippen MR) is 152 cm³/mol.